The third kappa shape index (κ3) is 6.95. The summed E-state index contributed by atoms with van der Waals surface area (Å²) in [7, 11) is 1.40. The molecule has 2 aliphatic heterocycles. The van der Waals surface area contributed by atoms with Gasteiger partial charge in [-0.2, -0.15) is 0 Å². The maximum absolute atomic E-state index is 12.9. The Hall–Kier alpha value is -3.25. The van der Waals surface area contributed by atoms with Crippen LogP contribution in [0.15, 0.2) is 30.3 Å². The van der Waals surface area contributed by atoms with E-state index < -0.39 is 90.9 Å². The van der Waals surface area contributed by atoms with Crippen molar-refractivity contribution >= 4 is 5.78 Å². The summed E-state index contributed by atoms with van der Waals surface area (Å²) >= 11 is 0. The second-order valence-corrected chi connectivity index (χ2v) is 10.4. The number of Topliss-reactive ketones (excluding diaryl/α,β-unsaturated/α-hetero) is 1. The first-order valence-electron chi connectivity index (χ1n) is 13.5. The van der Waals surface area contributed by atoms with Crippen molar-refractivity contribution in [3.05, 3.63) is 41.5 Å². The van der Waals surface area contributed by atoms with E-state index in [1.165, 1.54) is 26.2 Å². The maximum Gasteiger partial charge on any atom is 0.229 e. The summed E-state index contributed by atoms with van der Waals surface area (Å²) in [6.07, 6.45) is -15.5. The van der Waals surface area contributed by atoms with E-state index in [2.05, 4.69) is 0 Å². The fourth-order valence-electron chi connectivity index (χ4n) is 4.93. The van der Waals surface area contributed by atoms with Gasteiger partial charge < -0.3 is 69.6 Å². The number of aromatic hydroxyl groups is 3. The third-order valence-electron chi connectivity index (χ3n) is 7.41. The van der Waals surface area contributed by atoms with Crippen molar-refractivity contribution in [3.63, 3.8) is 0 Å². The number of aryl methyl sites for hydroxylation is 1. The molecule has 4 rings (SSSR count). The van der Waals surface area contributed by atoms with Crippen LogP contribution in [-0.2, 0) is 20.6 Å². The quantitative estimate of drug-likeness (QED) is 0.141. The first-order chi connectivity index (χ1) is 20.4. The van der Waals surface area contributed by atoms with Crippen molar-refractivity contribution in [1.29, 1.82) is 0 Å². The molecule has 9 N–H and O–H groups in total. The molecular weight excluding hydrogens is 576 g/mol. The predicted octanol–water partition coefficient (Wildman–Crippen LogP) is -1.34. The first kappa shape index (κ1) is 32.7. The number of hydrogen-bond acceptors (Lipinski definition) is 15. The minimum absolute atomic E-state index is 0.110. The van der Waals surface area contributed by atoms with Crippen LogP contribution < -0.4 is 9.47 Å². The zero-order valence-corrected chi connectivity index (χ0v) is 23.3. The lowest BCUT2D eigenvalue weighted by Crippen LogP contribution is -2.64. The van der Waals surface area contributed by atoms with Crippen molar-refractivity contribution < 1.29 is 74.4 Å². The van der Waals surface area contributed by atoms with Gasteiger partial charge in [0.05, 0.1) is 19.8 Å². The molecular formula is C28H36O15. The Morgan fingerprint density at radius 1 is 0.837 bits per heavy atom. The van der Waals surface area contributed by atoms with Crippen molar-refractivity contribution in [2.24, 2.45) is 0 Å². The Bertz CT molecular complexity index is 1250. The number of benzene rings is 2. The lowest BCUT2D eigenvalue weighted by Gasteiger charge is -2.45. The molecule has 43 heavy (non-hydrogen) atoms. The van der Waals surface area contributed by atoms with E-state index in [1.54, 1.807) is 6.07 Å². The molecule has 0 aromatic heterocycles. The highest BCUT2D eigenvalue weighted by Crippen LogP contribution is 2.37. The molecule has 2 heterocycles. The van der Waals surface area contributed by atoms with Crippen LogP contribution in [-0.4, -0.2) is 127 Å². The number of aliphatic hydroxyl groups excluding tert-OH is 6. The Morgan fingerprint density at radius 2 is 1.51 bits per heavy atom. The number of methoxy groups -OCH3 is 1. The number of carbonyl (C=O) groups is 1. The van der Waals surface area contributed by atoms with Gasteiger partial charge in [-0.05, 0) is 31.0 Å². The molecule has 0 unspecified atom stereocenters. The van der Waals surface area contributed by atoms with Crippen molar-refractivity contribution in [2.75, 3.05) is 13.7 Å². The largest absolute Gasteiger partial charge is 0.507 e. The number of ether oxygens (including phenoxy) is 5. The van der Waals surface area contributed by atoms with Gasteiger partial charge in [-0.1, -0.05) is 6.07 Å². The van der Waals surface area contributed by atoms with Crippen molar-refractivity contribution in [2.45, 2.75) is 81.2 Å². The van der Waals surface area contributed by atoms with Gasteiger partial charge in [-0.25, -0.2) is 0 Å². The van der Waals surface area contributed by atoms with Gasteiger partial charge in [-0.15, -0.1) is 0 Å². The summed E-state index contributed by atoms with van der Waals surface area (Å²) in [5.74, 6) is -2.04. The summed E-state index contributed by atoms with van der Waals surface area (Å²) in [5.41, 5.74) is 0.208. The number of aliphatic hydroxyl groups is 6. The van der Waals surface area contributed by atoms with Crippen molar-refractivity contribution in [3.8, 4) is 28.7 Å². The van der Waals surface area contributed by atoms with Crippen LogP contribution in [0, 0.1) is 0 Å². The number of phenols is 3. The van der Waals surface area contributed by atoms with Crippen molar-refractivity contribution in [1.82, 2.24) is 0 Å². The molecule has 2 aliphatic rings. The summed E-state index contributed by atoms with van der Waals surface area (Å²) < 4.78 is 27.2. The molecule has 0 radical (unpaired) electrons. The molecule has 0 amide bonds. The summed E-state index contributed by atoms with van der Waals surface area (Å²) in [4.78, 5) is 12.9. The first-order valence-corrected chi connectivity index (χ1v) is 13.5. The second-order valence-electron chi connectivity index (χ2n) is 10.4. The monoisotopic (exact) mass is 612 g/mol. The number of phenolic OH excluding ortho intramolecular Hbond substituents is 3. The highest BCUT2D eigenvalue weighted by molar-refractivity contribution is 6.01. The second kappa shape index (κ2) is 13.6. The van der Waals surface area contributed by atoms with Crippen LogP contribution in [0.2, 0.25) is 0 Å². The minimum atomic E-state index is -1.79. The fraction of sp³-hybridized carbons (Fsp3) is 0.536. The molecule has 0 spiro atoms. The number of ketones is 1. The van der Waals surface area contributed by atoms with E-state index in [0.29, 0.717) is 5.56 Å². The molecule has 0 aliphatic carbocycles. The van der Waals surface area contributed by atoms with Gasteiger partial charge in [0.2, 0.25) is 6.29 Å². The average molecular weight is 613 g/mol. The van der Waals surface area contributed by atoms with Crippen LogP contribution in [0.3, 0.4) is 0 Å². The van der Waals surface area contributed by atoms with E-state index >= 15 is 0 Å². The molecule has 2 aromatic carbocycles. The lowest BCUT2D eigenvalue weighted by molar-refractivity contribution is -0.354. The SMILES string of the molecule is COc1ccc(CCC(=O)c2c(O)cc(O[C@@H]3O[C@H](CO)[C@@H](O)[C@@H](O)[C@@H]3O[C@@H]3O[C@H](C)[C@H](O)[C@H](O)[C@@H]3O)cc2O)cc1O. The fourth-order valence-corrected chi connectivity index (χ4v) is 4.93. The Balaban J connectivity index is 1.51. The molecule has 0 bridgehead atoms. The summed E-state index contributed by atoms with van der Waals surface area (Å²) in [6, 6.07) is 6.59. The normalized spacial score (nSPS) is 32.7. The van der Waals surface area contributed by atoms with E-state index in [9.17, 15) is 50.8 Å². The number of rotatable bonds is 10. The minimum Gasteiger partial charge on any atom is -0.507 e. The Kier molecular flexibility index (Phi) is 10.3. The van der Waals surface area contributed by atoms with Crippen LogP contribution in [0.4, 0.5) is 0 Å². The van der Waals surface area contributed by atoms with Crippen LogP contribution >= 0.6 is 0 Å². The van der Waals surface area contributed by atoms with Gasteiger partial charge >= 0.3 is 0 Å². The number of carbonyl (C=O) groups excluding carboxylic acids is 1. The zero-order chi connectivity index (χ0) is 31.6. The molecule has 2 fully saturated rings. The maximum atomic E-state index is 12.9. The van der Waals surface area contributed by atoms with Crippen LogP contribution in [0.1, 0.15) is 29.3 Å². The number of hydrogen-bond donors (Lipinski definition) is 9. The standard InChI is InChI=1S/C28H36O15/c1-11-21(34)23(36)25(38)27(40-11)43-26-24(37)22(35)19(10-29)42-28(26)41-13-8-16(32)20(17(33)9-13)14(30)5-3-12-4-6-18(39-2)15(31)7-12/h4,6-9,11,19,21-29,31-38H,3,5,10H2,1-2H3/t11-,19-,21+,22-,23+,24-,25+,26+,27+,28-/m1/s1. The third-order valence-corrected chi connectivity index (χ3v) is 7.41. The highest BCUT2D eigenvalue weighted by Gasteiger charge is 2.51. The Morgan fingerprint density at radius 3 is 2.12 bits per heavy atom. The molecule has 2 aromatic rings. The van der Waals surface area contributed by atoms with Gasteiger partial charge in [0.1, 0.15) is 59.4 Å². The van der Waals surface area contributed by atoms with Gasteiger partial charge in [0, 0.05) is 18.6 Å². The van der Waals surface area contributed by atoms with Crippen LogP contribution in [0.5, 0.6) is 28.7 Å². The summed E-state index contributed by atoms with van der Waals surface area (Å²) in [6.45, 7) is 0.662. The van der Waals surface area contributed by atoms with Gasteiger partial charge in [0.25, 0.3) is 0 Å². The average Bonchev–Trinajstić information content (AvgIpc) is 2.96. The van der Waals surface area contributed by atoms with E-state index in [4.69, 9.17) is 23.7 Å². The van der Waals surface area contributed by atoms with E-state index in [0.717, 1.165) is 12.1 Å². The van der Waals surface area contributed by atoms with Gasteiger partial charge in [-0.3, -0.25) is 4.79 Å². The molecule has 238 valence electrons. The highest BCUT2D eigenvalue weighted by atomic mass is 16.8. The van der Waals surface area contributed by atoms with E-state index in [1.807, 2.05) is 0 Å². The van der Waals surface area contributed by atoms with Gasteiger partial charge in [0.15, 0.2) is 29.7 Å². The molecule has 15 heteroatoms. The Labute approximate surface area is 245 Å². The van der Waals surface area contributed by atoms with E-state index in [-0.39, 0.29) is 30.1 Å². The molecule has 10 atom stereocenters. The molecule has 15 nitrogen and oxygen atoms in total. The lowest BCUT2D eigenvalue weighted by atomic mass is 9.97. The zero-order valence-electron chi connectivity index (χ0n) is 23.3. The predicted molar refractivity (Wildman–Crippen MR) is 143 cm³/mol. The summed E-state index contributed by atoms with van der Waals surface area (Å²) in [5, 5.41) is 92.3. The van der Waals surface area contributed by atoms with Crippen LogP contribution in [0.25, 0.3) is 0 Å². The molecule has 0 saturated carbocycles. The smallest absolute Gasteiger partial charge is 0.229 e. The topological polar surface area (TPSA) is 245 Å². The molecule has 2 saturated heterocycles.